The van der Waals surface area contributed by atoms with Crippen LogP contribution in [-0.2, 0) is 20.7 Å². The number of rotatable bonds is 6. The Hall–Kier alpha value is -0.980. The van der Waals surface area contributed by atoms with Gasteiger partial charge in [-0.3, -0.25) is 10.1 Å². The van der Waals surface area contributed by atoms with E-state index >= 15 is 0 Å². The third-order valence-corrected chi connectivity index (χ3v) is 4.31. The molecule has 0 unspecified atom stereocenters. The van der Waals surface area contributed by atoms with Crippen LogP contribution in [-0.4, -0.2) is 36.3 Å². The lowest BCUT2D eigenvalue weighted by Gasteiger charge is -2.15. The monoisotopic (exact) mass is 298 g/mol. The molecule has 6 heteroatoms. The topological polar surface area (TPSA) is 60.5 Å². The highest BCUT2D eigenvalue weighted by molar-refractivity contribution is 7.15. The Morgan fingerprint density at radius 3 is 3.05 bits per heavy atom. The largest absolute Gasteiger partial charge is 0.376 e. The first kappa shape index (κ1) is 15.4. The van der Waals surface area contributed by atoms with Gasteiger partial charge in [-0.25, -0.2) is 4.98 Å². The van der Waals surface area contributed by atoms with Crippen LogP contribution < -0.4 is 5.32 Å². The predicted octanol–water partition coefficient (Wildman–Crippen LogP) is 2.54. The molecule has 0 aromatic carbocycles. The fourth-order valence-corrected chi connectivity index (χ4v) is 3.02. The molecule has 1 amide bonds. The first-order chi connectivity index (χ1) is 9.60. The standard InChI is InChI=1S/C14H22N2O3S/c1-4-12-10(3)20-14(15-12)16-13(17)9(2)19-8-11-6-5-7-18-11/h9,11H,4-8H2,1-3H3,(H,15,16,17)/t9-,11+/m0/s1. The number of nitrogens with one attached hydrogen (secondary N) is 1. The number of hydrogen-bond acceptors (Lipinski definition) is 5. The van der Waals surface area contributed by atoms with E-state index in [0.29, 0.717) is 11.7 Å². The fourth-order valence-electron chi connectivity index (χ4n) is 2.12. The quantitative estimate of drug-likeness (QED) is 0.876. The normalized spacial score (nSPS) is 20.1. The van der Waals surface area contributed by atoms with E-state index in [4.69, 9.17) is 9.47 Å². The summed E-state index contributed by atoms with van der Waals surface area (Å²) in [4.78, 5) is 17.6. The van der Waals surface area contributed by atoms with Crippen LogP contribution in [0, 0.1) is 6.92 Å². The Labute approximate surface area is 123 Å². The van der Waals surface area contributed by atoms with Gasteiger partial charge < -0.3 is 9.47 Å². The number of nitrogens with zero attached hydrogens (tertiary/aromatic N) is 1. The number of thiazole rings is 1. The molecular weight excluding hydrogens is 276 g/mol. The summed E-state index contributed by atoms with van der Waals surface area (Å²) in [6.07, 6.45) is 2.61. The lowest BCUT2D eigenvalue weighted by atomic mass is 10.2. The highest BCUT2D eigenvalue weighted by Gasteiger charge is 2.20. The number of hydrogen-bond donors (Lipinski definition) is 1. The average molecular weight is 298 g/mol. The number of amides is 1. The number of ether oxygens (including phenoxy) is 2. The number of aryl methyl sites for hydroxylation is 2. The highest BCUT2D eigenvalue weighted by atomic mass is 32.1. The summed E-state index contributed by atoms with van der Waals surface area (Å²) in [5, 5.41) is 3.47. The molecular formula is C14H22N2O3S. The maximum absolute atomic E-state index is 12.0. The molecule has 0 radical (unpaired) electrons. The van der Waals surface area contributed by atoms with Crippen molar-refractivity contribution in [1.82, 2.24) is 4.98 Å². The van der Waals surface area contributed by atoms with Crippen molar-refractivity contribution in [3.63, 3.8) is 0 Å². The SMILES string of the molecule is CCc1nc(NC(=O)[C@H](C)OC[C@H]2CCCO2)sc1C. The van der Waals surface area contributed by atoms with Gasteiger partial charge in [0.1, 0.15) is 6.10 Å². The van der Waals surface area contributed by atoms with Crippen LogP contribution in [0.2, 0.25) is 0 Å². The van der Waals surface area contributed by atoms with Gasteiger partial charge >= 0.3 is 0 Å². The molecule has 0 saturated carbocycles. The molecule has 2 atom stereocenters. The first-order valence-electron chi connectivity index (χ1n) is 7.10. The zero-order valence-electron chi connectivity index (χ0n) is 12.3. The minimum Gasteiger partial charge on any atom is -0.376 e. The lowest BCUT2D eigenvalue weighted by Crippen LogP contribution is -2.30. The predicted molar refractivity (Wildman–Crippen MR) is 79.2 cm³/mol. The molecule has 0 aliphatic carbocycles. The van der Waals surface area contributed by atoms with Crippen LogP contribution in [0.15, 0.2) is 0 Å². The Morgan fingerprint density at radius 1 is 1.65 bits per heavy atom. The molecule has 1 aliphatic heterocycles. The summed E-state index contributed by atoms with van der Waals surface area (Å²) in [6.45, 7) is 7.11. The van der Waals surface area contributed by atoms with Crippen molar-refractivity contribution in [3.8, 4) is 0 Å². The molecule has 20 heavy (non-hydrogen) atoms. The molecule has 1 aromatic rings. The molecule has 0 bridgehead atoms. The average Bonchev–Trinajstić information content (AvgIpc) is 3.05. The summed E-state index contributed by atoms with van der Waals surface area (Å²) in [6, 6.07) is 0. The van der Waals surface area contributed by atoms with Gasteiger partial charge in [0.15, 0.2) is 5.13 Å². The van der Waals surface area contributed by atoms with Gasteiger partial charge in [-0.2, -0.15) is 0 Å². The van der Waals surface area contributed by atoms with Crippen LogP contribution >= 0.6 is 11.3 Å². The van der Waals surface area contributed by atoms with Crippen molar-refractivity contribution in [2.45, 2.75) is 52.2 Å². The third kappa shape index (κ3) is 4.01. The third-order valence-electron chi connectivity index (χ3n) is 3.38. The Kier molecular flexibility index (Phi) is 5.51. The minimum absolute atomic E-state index is 0.138. The van der Waals surface area contributed by atoms with Crippen LogP contribution in [0.25, 0.3) is 0 Å². The van der Waals surface area contributed by atoms with Gasteiger partial charge in [0.2, 0.25) is 0 Å². The van der Waals surface area contributed by atoms with Crippen molar-refractivity contribution < 1.29 is 14.3 Å². The van der Waals surface area contributed by atoms with E-state index < -0.39 is 6.10 Å². The second kappa shape index (κ2) is 7.15. The Bertz CT molecular complexity index is 455. The number of carbonyl (C=O) groups excluding carboxylic acids is 1. The second-order valence-corrected chi connectivity index (χ2v) is 6.18. The highest BCUT2D eigenvalue weighted by Crippen LogP contribution is 2.22. The van der Waals surface area contributed by atoms with E-state index in [2.05, 4.69) is 17.2 Å². The molecule has 1 N–H and O–H groups in total. The van der Waals surface area contributed by atoms with Crippen molar-refractivity contribution in [2.24, 2.45) is 0 Å². The molecule has 112 valence electrons. The molecule has 0 spiro atoms. The van der Waals surface area contributed by atoms with Crippen molar-refractivity contribution in [1.29, 1.82) is 0 Å². The summed E-state index contributed by atoms with van der Waals surface area (Å²) >= 11 is 1.50. The van der Waals surface area contributed by atoms with Crippen LogP contribution in [0.5, 0.6) is 0 Å². The van der Waals surface area contributed by atoms with E-state index in [-0.39, 0.29) is 12.0 Å². The second-order valence-electron chi connectivity index (χ2n) is 4.98. The zero-order valence-corrected chi connectivity index (χ0v) is 13.1. The first-order valence-corrected chi connectivity index (χ1v) is 7.92. The fraction of sp³-hybridized carbons (Fsp3) is 0.714. The van der Waals surface area contributed by atoms with Gasteiger partial charge in [0.25, 0.3) is 5.91 Å². The van der Waals surface area contributed by atoms with Crippen molar-refractivity contribution in [2.75, 3.05) is 18.5 Å². The Morgan fingerprint density at radius 2 is 2.45 bits per heavy atom. The van der Waals surface area contributed by atoms with E-state index in [0.717, 1.165) is 36.4 Å². The van der Waals surface area contributed by atoms with Crippen LogP contribution in [0.1, 0.15) is 37.3 Å². The summed E-state index contributed by atoms with van der Waals surface area (Å²) in [7, 11) is 0. The van der Waals surface area contributed by atoms with Crippen molar-refractivity contribution in [3.05, 3.63) is 10.6 Å². The molecule has 1 fully saturated rings. The van der Waals surface area contributed by atoms with Gasteiger partial charge in [-0.05, 0) is 33.1 Å². The molecule has 2 heterocycles. The minimum atomic E-state index is -0.492. The van der Waals surface area contributed by atoms with Gasteiger partial charge in [-0.15, -0.1) is 11.3 Å². The number of carbonyl (C=O) groups is 1. The lowest BCUT2D eigenvalue weighted by molar-refractivity contribution is -0.128. The molecule has 5 nitrogen and oxygen atoms in total. The maximum Gasteiger partial charge on any atom is 0.254 e. The van der Waals surface area contributed by atoms with Gasteiger partial charge in [0, 0.05) is 11.5 Å². The van der Waals surface area contributed by atoms with Crippen LogP contribution in [0.4, 0.5) is 5.13 Å². The number of aromatic nitrogens is 1. The van der Waals surface area contributed by atoms with E-state index in [1.165, 1.54) is 11.3 Å². The Balaban J connectivity index is 1.80. The summed E-state index contributed by atoms with van der Waals surface area (Å²) in [5.41, 5.74) is 1.04. The summed E-state index contributed by atoms with van der Waals surface area (Å²) in [5.74, 6) is -0.153. The molecule has 1 aromatic heterocycles. The molecule has 1 aliphatic rings. The zero-order chi connectivity index (χ0) is 14.5. The van der Waals surface area contributed by atoms with E-state index in [9.17, 15) is 4.79 Å². The summed E-state index contributed by atoms with van der Waals surface area (Å²) < 4.78 is 11.0. The van der Waals surface area contributed by atoms with Gasteiger partial charge in [0.05, 0.1) is 18.4 Å². The smallest absolute Gasteiger partial charge is 0.254 e. The molecule has 1 saturated heterocycles. The van der Waals surface area contributed by atoms with E-state index in [1.54, 1.807) is 6.92 Å². The van der Waals surface area contributed by atoms with Crippen LogP contribution in [0.3, 0.4) is 0 Å². The van der Waals surface area contributed by atoms with E-state index in [1.807, 2.05) is 6.92 Å². The van der Waals surface area contributed by atoms with Gasteiger partial charge in [-0.1, -0.05) is 6.92 Å². The molecule has 2 rings (SSSR count). The number of anilines is 1. The van der Waals surface area contributed by atoms with Crippen molar-refractivity contribution >= 4 is 22.4 Å². The maximum atomic E-state index is 12.0.